The third-order valence-electron chi connectivity index (χ3n) is 4.19. The van der Waals surface area contributed by atoms with Gasteiger partial charge in [0.1, 0.15) is 0 Å². The van der Waals surface area contributed by atoms with Gasteiger partial charge in [0.2, 0.25) is 5.91 Å². The smallest absolute Gasteiger partial charge is 0.289 e. The van der Waals surface area contributed by atoms with E-state index in [1.807, 2.05) is 19.1 Å². The molecule has 24 heavy (non-hydrogen) atoms. The summed E-state index contributed by atoms with van der Waals surface area (Å²) in [4.78, 5) is 26.6. The van der Waals surface area contributed by atoms with E-state index in [0.717, 1.165) is 18.4 Å². The van der Waals surface area contributed by atoms with Gasteiger partial charge in [0.25, 0.3) is 5.91 Å². The minimum atomic E-state index is -0.255. The van der Waals surface area contributed by atoms with Gasteiger partial charge in [-0.25, -0.2) is 0 Å². The van der Waals surface area contributed by atoms with Crippen LogP contribution in [0, 0.1) is 12.8 Å². The first-order valence-electron chi connectivity index (χ1n) is 7.94. The van der Waals surface area contributed by atoms with Gasteiger partial charge < -0.3 is 14.6 Å². The lowest BCUT2D eigenvalue weighted by molar-refractivity contribution is -0.121. The fourth-order valence-corrected chi connectivity index (χ4v) is 3.17. The normalized spacial score (nSPS) is 17.6. The van der Waals surface area contributed by atoms with Gasteiger partial charge in [-0.2, -0.15) is 0 Å². The third-order valence-corrected chi connectivity index (χ3v) is 4.51. The summed E-state index contributed by atoms with van der Waals surface area (Å²) in [5.74, 6) is -0.240. The molecular weight excluding hydrogens is 328 g/mol. The van der Waals surface area contributed by atoms with E-state index in [1.165, 1.54) is 6.26 Å². The van der Waals surface area contributed by atoms with E-state index in [0.29, 0.717) is 29.6 Å². The molecular formula is C18H19ClN2O3. The average molecular weight is 347 g/mol. The van der Waals surface area contributed by atoms with Crippen molar-refractivity contribution in [2.75, 3.05) is 18.4 Å². The van der Waals surface area contributed by atoms with E-state index in [2.05, 4.69) is 5.32 Å². The molecule has 5 nitrogen and oxygen atoms in total. The second kappa shape index (κ2) is 7.09. The highest BCUT2D eigenvalue weighted by molar-refractivity contribution is 6.33. The summed E-state index contributed by atoms with van der Waals surface area (Å²) < 4.78 is 5.16. The maximum Gasteiger partial charge on any atom is 0.289 e. The number of nitrogens with one attached hydrogen (secondary N) is 1. The van der Waals surface area contributed by atoms with Crippen molar-refractivity contribution in [2.45, 2.75) is 19.8 Å². The highest BCUT2D eigenvalue weighted by Crippen LogP contribution is 2.25. The summed E-state index contributed by atoms with van der Waals surface area (Å²) in [6, 6.07) is 8.82. The summed E-state index contributed by atoms with van der Waals surface area (Å²) in [5.41, 5.74) is 1.63. The summed E-state index contributed by atoms with van der Waals surface area (Å²) in [5, 5.41) is 3.39. The van der Waals surface area contributed by atoms with Crippen LogP contribution < -0.4 is 5.32 Å². The quantitative estimate of drug-likeness (QED) is 0.921. The van der Waals surface area contributed by atoms with Crippen LogP contribution in [0.15, 0.2) is 41.0 Å². The second-order valence-electron chi connectivity index (χ2n) is 6.04. The number of benzene rings is 1. The summed E-state index contributed by atoms with van der Waals surface area (Å²) >= 11 is 6.17. The molecule has 0 spiro atoms. The molecule has 2 amide bonds. The molecule has 1 aromatic carbocycles. The molecule has 1 aromatic heterocycles. The van der Waals surface area contributed by atoms with Crippen molar-refractivity contribution in [1.29, 1.82) is 0 Å². The molecule has 0 radical (unpaired) electrons. The number of amides is 2. The number of anilines is 1. The van der Waals surface area contributed by atoms with Gasteiger partial charge in [0.15, 0.2) is 5.76 Å². The first kappa shape index (κ1) is 16.6. The molecule has 1 aliphatic rings. The van der Waals surface area contributed by atoms with Gasteiger partial charge in [-0.3, -0.25) is 9.59 Å². The monoisotopic (exact) mass is 346 g/mol. The largest absolute Gasteiger partial charge is 0.459 e. The van der Waals surface area contributed by atoms with E-state index < -0.39 is 0 Å². The zero-order valence-corrected chi connectivity index (χ0v) is 14.2. The Morgan fingerprint density at radius 2 is 2.17 bits per heavy atom. The van der Waals surface area contributed by atoms with Crippen LogP contribution in [-0.2, 0) is 4.79 Å². The molecule has 3 rings (SSSR count). The number of halogens is 1. The van der Waals surface area contributed by atoms with Gasteiger partial charge in [-0.1, -0.05) is 17.7 Å². The van der Waals surface area contributed by atoms with Crippen molar-refractivity contribution in [2.24, 2.45) is 5.92 Å². The molecule has 0 saturated carbocycles. The number of nitrogens with zero attached hydrogens (tertiary/aromatic N) is 1. The molecule has 1 N–H and O–H groups in total. The Morgan fingerprint density at radius 3 is 2.88 bits per heavy atom. The van der Waals surface area contributed by atoms with Crippen molar-refractivity contribution in [3.63, 3.8) is 0 Å². The highest BCUT2D eigenvalue weighted by Gasteiger charge is 2.30. The lowest BCUT2D eigenvalue weighted by atomic mass is 9.96. The molecule has 126 valence electrons. The third kappa shape index (κ3) is 3.62. The number of rotatable bonds is 3. The number of carbonyl (C=O) groups excluding carboxylic acids is 2. The fraction of sp³-hybridized carbons (Fsp3) is 0.333. The number of hydrogen-bond donors (Lipinski definition) is 1. The van der Waals surface area contributed by atoms with Crippen LogP contribution in [0.3, 0.4) is 0 Å². The Labute approximate surface area is 145 Å². The van der Waals surface area contributed by atoms with E-state index in [1.54, 1.807) is 23.1 Å². The second-order valence-corrected chi connectivity index (χ2v) is 6.45. The van der Waals surface area contributed by atoms with E-state index in [4.69, 9.17) is 16.0 Å². The molecule has 1 atom stereocenters. The molecule has 1 fully saturated rings. The Bertz CT molecular complexity index is 743. The van der Waals surface area contributed by atoms with Crippen LogP contribution in [-0.4, -0.2) is 29.8 Å². The lowest BCUT2D eigenvalue weighted by Crippen LogP contribution is -2.43. The van der Waals surface area contributed by atoms with Gasteiger partial charge in [-0.05, 0) is 49.6 Å². The predicted molar refractivity (Wildman–Crippen MR) is 92.2 cm³/mol. The predicted octanol–water partition coefficient (Wildman–Crippen LogP) is 3.73. The SMILES string of the molecule is Cc1ccc(NC(=O)[C@H]2CCCN(C(=O)c3ccco3)C2)c(Cl)c1. The zero-order valence-electron chi connectivity index (χ0n) is 13.4. The molecule has 2 heterocycles. The lowest BCUT2D eigenvalue weighted by Gasteiger charge is -2.31. The number of aryl methyl sites for hydroxylation is 1. The van der Waals surface area contributed by atoms with Gasteiger partial charge in [0.05, 0.1) is 22.9 Å². The van der Waals surface area contributed by atoms with Gasteiger partial charge >= 0.3 is 0 Å². The zero-order chi connectivity index (χ0) is 17.1. The standard InChI is InChI=1S/C18H19ClN2O3/c1-12-6-7-15(14(19)10-12)20-17(22)13-4-2-8-21(11-13)18(23)16-5-3-9-24-16/h3,5-7,9-10,13H,2,4,8,11H2,1H3,(H,20,22)/t13-/m0/s1. The van der Waals surface area contributed by atoms with E-state index in [-0.39, 0.29) is 17.7 Å². The maximum absolute atomic E-state index is 12.5. The minimum Gasteiger partial charge on any atom is -0.459 e. The van der Waals surface area contributed by atoms with Crippen molar-refractivity contribution in [1.82, 2.24) is 4.90 Å². The number of carbonyl (C=O) groups is 2. The van der Waals surface area contributed by atoms with Crippen molar-refractivity contribution >= 4 is 29.1 Å². The van der Waals surface area contributed by atoms with Gasteiger partial charge in [-0.15, -0.1) is 0 Å². The van der Waals surface area contributed by atoms with Crippen molar-refractivity contribution in [3.8, 4) is 0 Å². The molecule has 0 aliphatic carbocycles. The van der Waals surface area contributed by atoms with Crippen molar-refractivity contribution in [3.05, 3.63) is 52.9 Å². The summed E-state index contributed by atoms with van der Waals surface area (Å²) in [6.45, 7) is 2.96. The number of piperidine rings is 1. The van der Waals surface area contributed by atoms with Gasteiger partial charge in [0, 0.05) is 13.1 Å². The molecule has 0 bridgehead atoms. The highest BCUT2D eigenvalue weighted by atomic mass is 35.5. The van der Waals surface area contributed by atoms with Crippen LogP contribution in [0.4, 0.5) is 5.69 Å². The first-order valence-corrected chi connectivity index (χ1v) is 8.32. The average Bonchev–Trinajstić information content (AvgIpc) is 3.11. The maximum atomic E-state index is 12.5. The fourth-order valence-electron chi connectivity index (χ4n) is 2.89. The Hall–Kier alpha value is -2.27. The number of furan rings is 1. The van der Waals surface area contributed by atoms with E-state index >= 15 is 0 Å². The van der Waals surface area contributed by atoms with Crippen LogP contribution in [0.1, 0.15) is 29.0 Å². The Balaban J connectivity index is 1.65. The molecule has 2 aromatic rings. The molecule has 1 saturated heterocycles. The Kier molecular flexibility index (Phi) is 4.90. The first-order chi connectivity index (χ1) is 11.5. The van der Waals surface area contributed by atoms with Crippen molar-refractivity contribution < 1.29 is 14.0 Å². The van der Waals surface area contributed by atoms with Crippen LogP contribution in [0.25, 0.3) is 0 Å². The molecule has 1 aliphatic heterocycles. The number of likely N-dealkylation sites (tertiary alicyclic amines) is 1. The van der Waals surface area contributed by atoms with Crippen LogP contribution in [0.5, 0.6) is 0 Å². The topological polar surface area (TPSA) is 62.6 Å². The minimum absolute atomic E-state index is 0.113. The van der Waals surface area contributed by atoms with Crippen LogP contribution >= 0.6 is 11.6 Å². The summed E-state index contributed by atoms with van der Waals surface area (Å²) in [6.07, 6.45) is 3.00. The summed E-state index contributed by atoms with van der Waals surface area (Å²) in [7, 11) is 0. The Morgan fingerprint density at radius 1 is 1.33 bits per heavy atom. The van der Waals surface area contributed by atoms with E-state index in [9.17, 15) is 9.59 Å². The molecule has 0 unspecified atom stereocenters. The van der Waals surface area contributed by atoms with Crippen LogP contribution in [0.2, 0.25) is 5.02 Å². The molecule has 6 heteroatoms. The number of hydrogen-bond acceptors (Lipinski definition) is 3.